The van der Waals surface area contributed by atoms with Gasteiger partial charge in [-0.25, -0.2) is 4.79 Å². The molecule has 0 aliphatic carbocycles. The molecule has 1 N–H and O–H groups in total. The molecule has 22 heavy (non-hydrogen) atoms. The standard InChI is InChI=1S/C18H27NO3/c1-13-12-19(16(21)22-17(2,3)4)10-9-18(13,5)14-7-6-8-15(20)11-14/h6-8,11,13,20H,9-10,12H2,1-5H3/t13?,18-/m1/s1. The maximum atomic E-state index is 12.2. The van der Waals surface area contributed by atoms with E-state index in [0.29, 0.717) is 18.8 Å². The first-order chi connectivity index (χ1) is 10.1. The average molecular weight is 305 g/mol. The summed E-state index contributed by atoms with van der Waals surface area (Å²) in [5, 5.41) is 9.73. The second-order valence-electron chi connectivity index (χ2n) is 7.55. The maximum absolute atomic E-state index is 12.2. The quantitative estimate of drug-likeness (QED) is 0.855. The third-order valence-corrected chi connectivity index (χ3v) is 4.64. The second-order valence-corrected chi connectivity index (χ2v) is 7.55. The Hall–Kier alpha value is -1.71. The lowest BCUT2D eigenvalue weighted by molar-refractivity contribution is 0.00920. The van der Waals surface area contributed by atoms with Crippen molar-refractivity contribution in [2.75, 3.05) is 13.1 Å². The summed E-state index contributed by atoms with van der Waals surface area (Å²) in [6.07, 6.45) is 0.619. The number of carbonyl (C=O) groups excluding carboxylic acids is 1. The number of benzene rings is 1. The Balaban J connectivity index is 2.11. The number of ether oxygens (including phenoxy) is 1. The van der Waals surface area contributed by atoms with Crippen molar-refractivity contribution >= 4 is 6.09 Å². The van der Waals surface area contributed by atoms with Crippen LogP contribution in [0.3, 0.4) is 0 Å². The third kappa shape index (κ3) is 3.54. The van der Waals surface area contributed by atoms with Gasteiger partial charge in [-0.1, -0.05) is 26.0 Å². The summed E-state index contributed by atoms with van der Waals surface area (Å²) in [6.45, 7) is 11.4. The number of piperidine rings is 1. The van der Waals surface area contributed by atoms with Gasteiger partial charge in [-0.3, -0.25) is 0 Å². The number of hydrogen-bond donors (Lipinski definition) is 1. The molecule has 4 heteroatoms. The van der Waals surface area contributed by atoms with Gasteiger partial charge in [0.1, 0.15) is 11.4 Å². The molecule has 1 heterocycles. The zero-order chi connectivity index (χ0) is 16.5. The molecule has 1 saturated heterocycles. The molecule has 0 aromatic heterocycles. The van der Waals surface area contributed by atoms with Crippen molar-refractivity contribution in [3.63, 3.8) is 0 Å². The van der Waals surface area contributed by atoms with Crippen molar-refractivity contribution in [1.82, 2.24) is 4.90 Å². The molecular formula is C18H27NO3. The Morgan fingerprint density at radius 2 is 2.09 bits per heavy atom. The van der Waals surface area contributed by atoms with Crippen LogP contribution in [0.25, 0.3) is 0 Å². The van der Waals surface area contributed by atoms with E-state index in [-0.39, 0.29) is 17.4 Å². The Morgan fingerprint density at radius 1 is 1.41 bits per heavy atom. The third-order valence-electron chi connectivity index (χ3n) is 4.64. The van der Waals surface area contributed by atoms with Crippen LogP contribution >= 0.6 is 0 Å². The second kappa shape index (κ2) is 5.82. The number of phenols is 1. The van der Waals surface area contributed by atoms with Gasteiger partial charge in [0.2, 0.25) is 0 Å². The van der Waals surface area contributed by atoms with Gasteiger partial charge in [-0.15, -0.1) is 0 Å². The van der Waals surface area contributed by atoms with Gasteiger partial charge < -0.3 is 14.7 Å². The zero-order valence-corrected chi connectivity index (χ0v) is 14.2. The molecule has 122 valence electrons. The van der Waals surface area contributed by atoms with Gasteiger partial charge in [0.25, 0.3) is 0 Å². The van der Waals surface area contributed by atoms with Crippen molar-refractivity contribution in [2.24, 2.45) is 5.92 Å². The molecule has 1 unspecified atom stereocenters. The van der Waals surface area contributed by atoms with Crippen LogP contribution in [0.4, 0.5) is 4.79 Å². The molecule has 1 aliphatic rings. The lowest BCUT2D eigenvalue weighted by Crippen LogP contribution is -2.50. The van der Waals surface area contributed by atoms with Crippen LogP contribution in [0.5, 0.6) is 5.75 Å². The first kappa shape index (κ1) is 16.7. The summed E-state index contributed by atoms with van der Waals surface area (Å²) >= 11 is 0. The van der Waals surface area contributed by atoms with E-state index >= 15 is 0 Å². The topological polar surface area (TPSA) is 49.8 Å². The fraction of sp³-hybridized carbons (Fsp3) is 0.611. The predicted molar refractivity (Wildman–Crippen MR) is 87.0 cm³/mol. The van der Waals surface area contributed by atoms with Crippen LogP contribution in [-0.4, -0.2) is 34.8 Å². The van der Waals surface area contributed by atoms with E-state index in [1.165, 1.54) is 0 Å². The number of aromatic hydroxyl groups is 1. The van der Waals surface area contributed by atoms with Gasteiger partial charge in [-0.05, 0) is 56.2 Å². The molecule has 1 fully saturated rings. The Labute approximate surface area is 133 Å². The number of likely N-dealkylation sites (tertiary alicyclic amines) is 1. The molecule has 1 aromatic rings. The van der Waals surface area contributed by atoms with E-state index in [0.717, 1.165) is 12.0 Å². The normalized spacial score (nSPS) is 25.9. The lowest BCUT2D eigenvalue weighted by atomic mass is 9.68. The van der Waals surface area contributed by atoms with Gasteiger partial charge in [0.05, 0.1) is 0 Å². The fourth-order valence-electron chi connectivity index (χ4n) is 3.02. The number of carbonyl (C=O) groups is 1. The van der Waals surface area contributed by atoms with E-state index in [2.05, 4.69) is 19.9 Å². The molecular weight excluding hydrogens is 278 g/mol. The first-order valence-electron chi connectivity index (χ1n) is 7.89. The minimum absolute atomic E-state index is 0.0444. The molecule has 2 atom stereocenters. The Morgan fingerprint density at radius 3 is 2.64 bits per heavy atom. The Kier molecular flexibility index (Phi) is 4.41. The zero-order valence-electron chi connectivity index (χ0n) is 14.2. The number of rotatable bonds is 1. The van der Waals surface area contributed by atoms with Crippen molar-refractivity contribution in [3.8, 4) is 5.75 Å². The summed E-state index contributed by atoms with van der Waals surface area (Å²) in [5.74, 6) is 0.580. The SMILES string of the molecule is CC1CN(C(=O)OC(C)(C)C)CC[C@@]1(C)c1cccc(O)c1. The molecule has 0 spiro atoms. The number of amides is 1. The summed E-state index contributed by atoms with van der Waals surface area (Å²) < 4.78 is 5.47. The van der Waals surface area contributed by atoms with Gasteiger partial charge in [-0.2, -0.15) is 0 Å². The molecule has 0 bridgehead atoms. The van der Waals surface area contributed by atoms with E-state index in [1.807, 2.05) is 32.9 Å². The van der Waals surface area contributed by atoms with Crippen LogP contribution < -0.4 is 0 Å². The maximum Gasteiger partial charge on any atom is 0.410 e. The van der Waals surface area contributed by atoms with Gasteiger partial charge in [0.15, 0.2) is 0 Å². The average Bonchev–Trinajstić information content (AvgIpc) is 2.40. The van der Waals surface area contributed by atoms with Crippen LogP contribution in [0.2, 0.25) is 0 Å². The van der Waals surface area contributed by atoms with Crippen molar-refractivity contribution in [3.05, 3.63) is 29.8 Å². The van der Waals surface area contributed by atoms with Crippen LogP contribution in [0.1, 0.15) is 46.6 Å². The molecule has 1 amide bonds. The summed E-state index contributed by atoms with van der Waals surface area (Å²) in [4.78, 5) is 14.0. The number of hydrogen-bond acceptors (Lipinski definition) is 3. The fourth-order valence-corrected chi connectivity index (χ4v) is 3.02. The Bertz CT molecular complexity index is 550. The minimum atomic E-state index is -0.466. The summed E-state index contributed by atoms with van der Waals surface area (Å²) in [7, 11) is 0. The highest BCUT2D eigenvalue weighted by molar-refractivity contribution is 5.68. The van der Waals surface area contributed by atoms with E-state index in [4.69, 9.17) is 4.74 Å². The first-order valence-corrected chi connectivity index (χ1v) is 7.89. The number of phenolic OH excluding ortho intramolecular Hbond substituents is 1. The van der Waals surface area contributed by atoms with Crippen LogP contribution in [0, 0.1) is 5.92 Å². The van der Waals surface area contributed by atoms with Crippen molar-refractivity contribution in [1.29, 1.82) is 0 Å². The van der Waals surface area contributed by atoms with Crippen LogP contribution in [-0.2, 0) is 10.2 Å². The highest BCUT2D eigenvalue weighted by Gasteiger charge is 2.40. The van der Waals surface area contributed by atoms with E-state index in [1.54, 1.807) is 11.0 Å². The molecule has 2 rings (SSSR count). The van der Waals surface area contributed by atoms with E-state index in [9.17, 15) is 9.90 Å². The van der Waals surface area contributed by atoms with Gasteiger partial charge >= 0.3 is 6.09 Å². The lowest BCUT2D eigenvalue weighted by Gasteiger charge is -2.45. The minimum Gasteiger partial charge on any atom is -0.508 e. The molecule has 4 nitrogen and oxygen atoms in total. The smallest absolute Gasteiger partial charge is 0.410 e. The monoisotopic (exact) mass is 305 g/mol. The summed E-state index contributed by atoms with van der Waals surface area (Å²) in [6, 6.07) is 7.45. The molecule has 0 radical (unpaired) electrons. The largest absolute Gasteiger partial charge is 0.508 e. The predicted octanol–water partition coefficient (Wildman–Crippen LogP) is 3.93. The highest BCUT2D eigenvalue weighted by Crippen LogP contribution is 2.40. The summed E-state index contributed by atoms with van der Waals surface area (Å²) in [5.41, 5.74) is 0.618. The highest BCUT2D eigenvalue weighted by atomic mass is 16.6. The van der Waals surface area contributed by atoms with Crippen LogP contribution in [0.15, 0.2) is 24.3 Å². The molecule has 0 saturated carbocycles. The van der Waals surface area contributed by atoms with Crippen molar-refractivity contribution < 1.29 is 14.6 Å². The number of nitrogens with zero attached hydrogens (tertiary/aromatic N) is 1. The molecule has 1 aromatic carbocycles. The van der Waals surface area contributed by atoms with Gasteiger partial charge in [0, 0.05) is 13.1 Å². The van der Waals surface area contributed by atoms with Crippen molar-refractivity contribution in [2.45, 2.75) is 52.1 Å². The molecule has 1 aliphatic heterocycles. The van der Waals surface area contributed by atoms with E-state index < -0.39 is 5.60 Å².